The molecular formula is C18H41NO28P6. The number of hydrogen-bond acceptors (Lipinski definition) is 16. The number of hydrogen-bond donors (Lipinski definition) is 12. The SMILES string of the molecule is CCCCC(=O)OC(CC(=O)[O-])C[N+](C)(C)C.O=P(O)(O)O[C@H]1[C@H](OP(=O)(O)O)[C@@H](OP(=O)(O)O)[C@H](OP(=O)(O)O)[C@@H](OP(=O)(O)O)[C@H]1OP(=O)(O)O. The molecule has 1 aliphatic carbocycles. The molecule has 12 N–H and O–H groups in total. The third kappa shape index (κ3) is 25.4. The van der Waals surface area contributed by atoms with E-state index in [-0.39, 0.29) is 12.4 Å². The van der Waals surface area contributed by atoms with Gasteiger partial charge in [0.1, 0.15) is 43.2 Å². The molecular weight excluding hydrogens is 864 g/mol. The summed E-state index contributed by atoms with van der Waals surface area (Å²) in [6.45, 7) is 2.45. The fraction of sp³-hybridized carbons (Fsp3) is 0.889. The summed E-state index contributed by atoms with van der Waals surface area (Å²) in [5, 5.41) is 10.6. The molecule has 0 spiro atoms. The molecule has 0 aromatic carbocycles. The summed E-state index contributed by atoms with van der Waals surface area (Å²) < 4.78 is 98.8. The molecule has 1 fully saturated rings. The molecule has 29 nitrogen and oxygen atoms in total. The highest BCUT2D eigenvalue weighted by Crippen LogP contribution is 2.57. The quantitative estimate of drug-likeness (QED) is 0.0325. The van der Waals surface area contributed by atoms with Crippen LogP contribution in [-0.4, -0.2) is 146 Å². The van der Waals surface area contributed by atoms with Crippen molar-refractivity contribution in [1.29, 1.82) is 0 Å². The van der Waals surface area contributed by atoms with Gasteiger partial charge in [-0.3, -0.25) is 31.9 Å². The third-order valence-corrected chi connectivity index (χ3v) is 8.78. The lowest BCUT2D eigenvalue weighted by atomic mass is 9.85. The van der Waals surface area contributed by atoms with Crippen molar-refractivity contribution in [3.63, 3.8) is 0 Å². The first-order valence-corrected chi connectivity index (χ1v) is 23.1. The Morgan fingerprint density at radius 2 is 0.811 bits per heavy atom. The lowest BCUT2D eigenvalue weighted by Gasteiger charge is -2.48. The molecule has 53 heavy (non-hydrogen) atoms. The highest BCUT2D eigenvalue weighted by Gasteiger charge is 2.62. The van der Waals surface area contributed by atoms with E-state index in [1.165, 1.54) is 0 Å². The van der Waals surface area contributed by atoms with Crippen LogP contribution >= 0.6 is 46.9 Å². The van der Waals surface area contributed by atoms with E-state index in [0.717, 1.165) is 12.8 Å². The minimum absolute atomic E-state index is 0.243. The predicted molar refractivity (Wildman–Crippen MR) is 163 cm³/mol. The van der Waals surface area contributed by atoms with Crippen molar-refractivity contribution >= 4 is 58.9 Å². The molecule has 1 atom stereocenters. The topological polar surface area (TPSA) is 467 Å². The summed E-state index contributed by atoms with van der Waals surface area (Å²) in [6.07, 6.45) is -17.7. The number of quaternary nitrogens is 1. The van der Waals surface area contributed by atoms with E-state index in [4.69, 9.17) is 63.5 Å². The van der Waals surface area contributed by atoms with E-state index in [0.29, 0.717) is 17.4 Å². The molecule has 0 amide bonds. The molecule has 1 unspecified atom stereocenters. The fourth-order valence-corrected chi connectivity index (χ4v) is 7.64. The summed E-state index contributed by atoms with van der Waals surface area (Å²) in [6, 6.07) is 0. The molecule has 1 saturated carbocycles. The lowest BCUT2D eigenvalue weighted by molar-refractivity contribution is -0.873. The van der Waals surface area contributed by atoms with Crippen LogP contribution in [0.4, 0.5) is 0 Å². The number of esters is 1. The van der Waals surface area contributed by atoms with Crippen LogP contribution in [0.15, 0.2) is 0 Å². The van der Waals surface area contributed by atoms with Crippen LogP contribution in [0.2, 0.25) is 0 Å². The summed E-state index contributed by atoms with van der Waals surface area (Å²) in [5.74, 6) is -1.52. The zero-order chi connectivity index (χ0) is 42.2. The molecule has 1 rings (SSSR count). The summed E-state index contributed by atoms with van der Waals surface area (Å²) in [7, 11) is -30.3. The number of phosphoric acid groups is 6. The minimum Gasteiger partial charge on any atom is -0.550 e. The molecule has 0 aromatic heterocycles. The van der Waals surface area contributed by atoms with Gasteiger partial charge in [0.2, 0.25) is 0 Å². The number of phosphoric ester groups is 6. The van der Waals surface area contributed by atoms with Crippen molar-refractivity contribution < 1.29 is 137 Å². The number of aliphatic carboxylic acids is 1. The molecule has 0 bridgehead atoms. The second-order valence-electron chi connectivity index (χ2n) is 11.6. The van der Waals surface area contributed by atoms with Crippen molar-refractivity contribution in [2.75, 3.05) is 27.7 Å². The van der Waals surface area contributed by atoms with Crippen LogP contribution in [-0.2, 0) is 68.9 Å². The average molecular weight is 905 g/mol. The fourth-order valence-electron chi connectivity index (χ4n) is 4.30. The zero-order valence-electron chi connectivity index (χ0n) is 27.6. The zero-order valence-corrected chi connectivity index (χ0v) is 33.0. The van der Waals surface area contributed by atoms with Crippen LogP contribution in [0.5, 0.6) is 0 Å². The van der Waals surface area contributed by atoms with Crippen LogP contribution in [0.1, 0.15) is 32.6 Å². The lowest BCUT2D eigenvalue weighted by Crippen LogP contribution is -2.66. The number of likely N-dealkylation sites (N-methyl/N-ethyl adjacent to an activating group) is 1. The maximum Gasteiger partial charge on any atom is 0.470 e. The van der Waals surface area contributed by atoms with Gasteiger partial charge < -0.3 is 77.8 Å². The molecule has 0 radical (unpaired) electrons. The number of carbonyl (C=O) groups excluding carboxylic acids is 2. The smallest absolute Gasteiger partial charge is 0.470 e. The summed E-state index contributed by atoms with van der Waals surface area (Å²) in [5.41, 5.74) is 0. The Labute approximate surface area is 299 Å². The van der Waals surface area contributed by atoms with E-state index in [9.17, 15) is 42.1 Å². The Bertz CT molecular complexity index is 1270. The van der Waals surface area contributed by atoms with Gasteiger partial charge in [0.15, 0.2) is 6.10 Å². The number of ether oxygens (including phenoxy) is 1. The van der Waals surface area contributed by atoms with Gasteiger partial charge in [0, 0.05) is 18.8 Å². The number of nitrogens with zero attached hydrogens (tertiary/aromatic N) is 1. The van der Waals surface area contributed by atoms with Crippen LogP contribution < -0.4 is 5.11 Å². The molecule has 1 aliphatic rings. The maximum atomic E-state index is 11.4. The monoisotopic (exact) mass is 905 g/mol. The van der Waals surface area contributed by atoms with Crippen molar-refractivity contribution in [2.24, 2.45) is 0 Å². The van der Waals surface area contributed by atoms with Crippen molar-refractivity contribution in [1.82, 2.24) is 0 Å². The van der Waals surface area contributed by atoms with Crippen molar-refractivity contribution in [3.8, 4) is 0 Å². The molecule has 0 heterocycles. The number of unbranched alkanes of at least 4 members (excludes halogenated alkanes) is 1. The van der Waals surface area contributed by atoms with Crippen LogP contribution in [0.25, 0.3) is 0 Å². The molecule has 316 valence electrons. The number of carboxylic acid groups (broad SMARTS) is 1. The van der Waals surface area contributed by atoms with E-state index in [1.54, 1.807) is 0 Å². The first-order chi connectivity index (χ1) is 23.3. The first kappa shape index (κ1) is 52.6. The number of carbonyl (C=O) groups is 2. The van der Waals surface area contributed by atoms with Gasteiger partial charge in [-0.2, -0.15) is 0 Å². The Balaban J connectivity index is 0.00000133. The van der Waals surface area contributed by atoms with Gasteiger partial charge in [-0.15, -0.1) is 0 Å². The van der Waals surface area contributed by atoms with E-state index >= 15 is 0 Å². The minimum atomic E-state index is -6.02. The molecule has 0 aliphatic heterocycles. The highest BCUT2D eigenvalue weighted by atomic mass is 31.2. The van der Waals surface area contributed by atoms with Crippen molar-refractivity contribution in [2.45, 2.75) is 75.3 Å². The Morgan fingerprint density at radius 1 is 0.566 bits per heavy atom. The van der Waals surface area contributed by atoms with E-state index in [1.807, 2.05) is 28.1 Å². The van der Waals surface area contributed by atoms with Crippen LogP contribution in [0.3, 0.4) is 0 Å². The summed E-state index contributed by atoms with van der Waals surface area (Å²) in [4.78, 5) is 132. The highest BCUT2D eigenvalue weighted by molar-refractivity contribution is 7.47. The largest absolute Gasteiger partial charge is 0.550 e. The van der Waals surface area contributed by atoms with Gasteiger partial charge in [-0.05, 0) is 6.42 Å². The van der Waals surface area contributed by atoms with E-state index < -0.39 is 95.6 Å². The van der Waals surface area contributed by atoms with Crippen LogP contribution in [0, 0.1) is 0 Å². The molecule has 35 heteroatoms. The first-order valence-electron chi connectivity index (χ1n) is 13.9. The average Bonchev–Trinajstić information content (AvgIpc) is 2.84. The van der Waals surface area contributed by atoms with E-state index in [2.05, 4.69) is 27.1 Å². The number of rotatable bonds is 20. The second kappa shape index (κ2) is 20.3. The Hall–Kier alpha value is -0.440. The maximum absolute atomic E-state index is 11.4. The molecule has 0 saturated heterocycles. The van der Waals surface area contributed by atoms with Gasteiger partial charge in [-0.1, -0.05) is 13.3 Å². The van der Waals surface area contributed by atoms with Gasteiger partial charge >= 0.3 is 52.9 Å². The predicted octanol–water partition coefficient (Wildman–Crippen LogP) is -3.20. The standard InChI is InChI=1S/C12H23NO4.C6H18O24P6/c1-5-6-7-12(16)17-10(8-11(14)15)9-13(2,3)4;7-31(8,9)25-1-2(26-32(10,11)12)4(28-34(16,17)18)6(30-36(22,23)24)5(29-35(19,20)21)3(1)27-33(13,14)15/h10H,5-9H2,1-4H3;1-6H,(H2,7,8,9)(H2,10,11,12)(H2,13,14,15)(H2,16,17,18)(H2,19,20,21)(H2,22,23,24)/t;1-,2-,3-,4+,5-,6-. The Morgan fingerprint density at radius 3 is 0.981 bits per heavy atom. The van der Waals surface area contributed by atoms with Crippen molar-refractivity contribution in [3.05, 3.63) is 0 Å². The third-order valence-electron chi connectivity index (χ3n) is 5.68. The Kier molecular flexibility index (Phi) is 20.1. The number of carboxylic acids is 1. The summed E-state index contributed by atoms with van der Waals surface area (Å²) >= 11 is 0. The van der Waals surface area contributed by atoms with Gasteiger partial charge in [-0.25, -0.2) is 27.4 Å². The second-order valence-corrected chi connectivity index (χ2v) is 18.8. The van der Waals surface area contributed by atoms with Gasteiger partial charge in [0.05, 0.1) is 21.1 Å². The molecule has 0 aromatic rings. The normalized spacial score (nSPS) is 24.2. The van der Waals surface area contributed by atoms with Gasteiger partial charge in [0.25, 0.3) is 0 Å².